The summed E-state index contributed by atoms with van der Waals surface area (Å²) in [5.74, 6) is -0.430. The summed E-state index contributed by atoms with van der Waals surface area (Å²) in [6, 6.07) is -0.405. The Labute approximate surface area is 59.0 Å². The largest absolute Gasteiger partial charge is 0.668 e. The highest BCUT2D eigenvalue weighted by Crippen LogP contribution is 2.13. The fraction of sp³-hybridized carbons (Fsp3) is 0.667. The highest BCUT2D eigenvalue weighted by Gasteiger charge is 2.36. The molecule has 1 fully saturated rings. The van der Waals surface area contributed by atoms with Crippen molar-refractivity contribution >= 4 is 12.3 Å². The summed E-state index contributed by atoms with van der Waals surface area (Å²) >= 11 is 0. The first-order valence-corrected chi connectivity index (χ1v) is 3.19. The quantitative estimate of drug-likeness (QED) is 0.501. The number of carbonyl (C=O) groups excluding carboxylic acids is 2. The number of nitrogens with zero attached hydrogens (tertiary/aromatic N) is 1. The lowest BCUT2D eigenvalue weighted by atomic mass is 10.2. The van der Waals surface area contributed by atoms with Crippen molar-refractivity contribution in [3.63, 3.8) is 0 Å². The first-order valence-electron chi connectivity index (χ1n) is 3.19. The second-order valence-corrected chi connectivity index (χ2v) is 2.35. The van der Waals surface area contributed by atoms with Crippen LogP contribution in [0.25, 0.3) is 0 Å². The number of likely N-dealkylation sites (tertiary alicyclic amines) is 1. The lowest BCUT2D eigenvalue weighted by molar-refractivity contribution is -0.121. The van der Waals surface area contributed by atoms with E-state index in [1.54, 1.807) is 6.41 Å². The lowest BCUT2D eigenvalue weighted by Gasteiger charge is -2.03. The van der Waals surface area contributed by atoms with Crippen molar-refractivity contribution in [1.29, 1.82) is 0 Å². The number of amides is 2. The van der Waals surface area contributed by atoms with Gasteiger partial charge in [-0.1, -0.05) is 0 Å². The SMILES string of the molecule is NC(=O)C1CCCN1[C+]=O. The molecule has 0 spiro atoms. The third-order valence-corrected chi connectivity index (χ3v) is 1.70. The Kier molecular flexibility index (Phi) is 1.83. The maximum absolute atomic E-state index is 10.6. The summed E-state index contributed by atoms with van der Waals surface area (Å²) < 4.78 is 0. The number of hydrogen-bond acceptors (Lipinski definition) is 2. The number of nitrogens with two attached hydrogens (primary N) is 1. The maximum atomic E-state index is 10.6. The van der Waals surface area contributed by atoms with Crippen LogP contribution in [0.5, 0.6) is 0 Å². The van der Waals surface area contributed by atoms with E-state index in [0.29, 0.717) is 13.0 Å². The molecule has 54 valence electrons. The zero-order valence-corrected chi connectivity index (χ0v) is 5.54. The van der Waals surface area contributed by atoms with E-state index in [0.717, 1.165) is 6.42 Å². The molecule has 2 N–H and O–H groups in total. The molecule has 1 unspecified atom stereocenters. The van der Waals surface area contributed by atoms with Gasteiger partial charge in [0.25, 0.3) is 0 Å². The van der Waals surface area contributed by atoms with Crippen LogP contribution >= 0.6 is 0 Å². The lowest BCUT2D eigenvalue weighted by Crippen LogP contribution is -2.39. The zero-order valence-electron chi connectivity index (χ0n) is 5.54. The first-order chi connectivity index (χ1) is 4.75. The van der Waals surface area contributed by atoms with Crippen LogP contribution in [0.15, 0.2) is 0 Å². The van der Waals surface area contributed by atoms with Crippen molar-refractivity contribution < 1.29 is 9.59 Å². The summed E-state index contributed by atoms with van der Waals surface area (Å²) in [5.41, 5.74) is 5.00. The van der Waals surface area contributed by atoms with Gasteiger partial charge in [0.15, 0.2) is 6.04 Å². The topological polar surface area (TPSA) is 63.4 Å². The van der Waals surface area contributed by atoms with E-state index in [4.69, 9.17) is 5.73 Å². The molecule has 10 heavy (non-hydrogen) atoms. The van der Waals surface area contributed by atoms with Crippen molar-refractivity contribution in [3.05, 3.63) is 0 Å². The van der Waals surface area contributed by atoms with Crippen LogP contribution in [-0.4, -0.2) is 29.8 Å². The second kappa shape index (κ2) is 2.62. The van der Waals surface area contributed by atoms with Crippen molar-refractivity contribution in [1.82, 2.24) is 4.90 Å². The van der Waals surface area contributed by atoms with E-state index in [2.05, 4.69) is 0 Å². The molecule has 1 heterocycles. The smallest absolute Gasteiger partial charge is 0.368 e. The van der Waals surface area contributed by atoms with Gasteiger partial charge in [-0.25, -0.2) is 0 Å². The molecule has 1 atom stereocenters. The summed E-state index contributed by atoms with van der Waals surface area (Å²) in [6.45, 7) is 0.608. The van der Waals surface area contributed by atoms with Crippen LogP contribution in [-0.2, 0) is 9.59 Å². The van der Waals surface area contributed by atoms with Gasteiger partial charge in [0.1, 0.15) is 0 Å². The van der Waals surface area contributed by atoms with Gasteiger partial charge in [-0.15, -0.1) is 4.90 Å². The molecule has 2 amide bonds. The van der Waals surface area contributed by atoms with Gasteiger partial charge in [0.05, 0.1) is 11.3 Å². The van der Waals surface area contributed by atoms with Gasteiger partial charge in [-0.05, 0) is 12.8 Å². The molecule has 0 radical (unpaired) electrons. The molecule has 0 aromatic rings. The van der Waals surface area contributed by atoms with Crippen molar-refractivity contribution in [2.45, 2.75) is 18.9 Å². The molecular formula is C6H9N2O2+. The number of primary amides is 1. The van der Waals surface area contributed by atoms with Gasteiger partial charge >= 0.3 is 6.41 Å². The molecule has 0 aromatic heterocycles. The normalized spacial score (nSPS) is 24.4. The average molecular weight is 141 g/mol. The molecule has 1 rings (SSSR count). The van der Waals surface area contributed by atoms with Gasteiger partial charge in [0.2, 0.25) is 5.91 Å². The third-order valence-electron chi connectivity index (χ3n) is 1.70. The third kappa shape index (κ3) is 1.06. The molecule has 0 aliphatic carbocycles. The minimum absolute atomic E-state index is 0.405. The predicted molar refractivity (Wildman–Crippen MR) is 34.6 cm³/mol. The monoisotopic (exact) mass is 141 g/mol. The second-order valence-electron chi connectivity index (χ2n) is 2.35. The van der Waals surface area contributed by atoms with Crippen LogP contribution in [0.3, 0.4) is 0 Å². The molecule has 4 heteroatoms. The van der Waals surface area contributed by atoms with E-state index < -0.39 is 11.9 Å². The molecule has 1 saturated heterocycles. The van der Waals surface area contributed by atoms with Gasteiger partial charge in [0, 0.05) is 0 Å². The average Bonchev–Trinajstić information content (AvgIpc) is 2.33. The van der Waals surface area contributed by atoms with Crippen LogP contribution < -0.4 is 5.73 Å². The standard InChI is InChI=1S/C6H8N2O2/c7-6(10)5-2-1-3-8(5)4-9/h5H,1-3H2,(H-,7,10)/p+1. The fourth-order valence-electron chi connectivity index (χ4n) is 1.17. The van der Waals surface area contributed by atoms with Crippen LogP contribution in [0.4, 0.5) is 0 Å². The van der Waals surface area contributed by atoms with Crippen LogP contribution in [0.2, 0.25) is 0 Å². The Morgan fingerprint density at radius 2 is 2.40 bits per heavy atom. The number of carbonyl (C=O) groups is 1. The van der Waals surface area contributed by atoms with Gasteiger partial charge in [-0.3, -0.25) is 4.79 Å². The first kappa shape index (κ1) is 6.96. The minimum atomic E-state index is -0.430. The Bertz CT molecular complexity index is 158. The highest BCUT2D eigenvalue weighted by atomic mass is 16.2. The van der Waals surface area contributed by atoms with E-state index in [1.165, 1.54) is 4.90 Å². The van der Waals surface area contributed by atoms with Crippen LogP contribution in [0, 0.1) is 0 Å². The molecule has 0 bridgehead atoms. The Hall–Kier alpha value is -1.15. The van der Waals surface area contributed by atoms with Gasteiger partial charge in [-0.2, -0.15) is 0 Å². The molecule has 1 aliphatic heterocycles. The number of hydrogen-bond donors (Lipinski definition) is 1. The number of rotatable bonds is 2. The molecule has 0 saturated carbocycles. The summed E-state index contributed by atoms with van der Waals surface area (Å²) in [4.78, 5) is 22.0. The zero-order chi connectivity index (χ0) is 7.56. The fourth-order valence-corrected chi connectivity index (χ4v) is 1.17. The van der Waals surface area contributed by atoms with E-state index in [9.17, 15) is 9.59 Å². The van der Waals surface area contributed by atoms with Gasteiger partial charge < -0.3 is 5.73 Å². The molecule has 4 nitrogen and oxygen atoms in total. The van der Waals surface area contributed by atoms with E-state index in [-0.39, 0.29) is 0 Å². The van der Waals surface area contributed by atoms with Crippen molar-refractivity contribution in [2.24, 2.45) is 5.73 Å². The summed E-state index contributed by atoms with van der Waals surface area (Å²) in [7, 11) is 0. The highest BCUT2D eigenvalue weighted by molar-refractivity contribution is 5.82. The van der Waals surface area contributed by atoms with Crippen molar-refractivity contribution in [2.75, 3.05) is 6.54 Å². The Morgan fingerprint density at radius 3 is 2.80 bits per heavy atom. The van der Waals surface area contributed by atoms with E-state index in [1.807, 2.05) is 0 Å². The van der Waals surface area contributed by atoms with Crippen molar-refractivity contribution in [3.8, 4) is 0 Å². The predicted octanol–water partition coefficient (Wildman–Crippen LogP) is -0.997. The summed E-state index contributed by atoms with van der Waals surface area (Å²) in [6.07, 6.45) is 3.21. The minimum Gasteiger partial charge on any atom is -0.368 e. The Morgan fingerprint density at radius 1 is 1.70 bits per heavy atom. The molecule has 0 aromatic carbocycles. The molecular weight excluding hydrogens is 132 g/mol. The Balaban J connectivity index is 2.58. The molecule has 1 aliphatic rings. The maximum Gasteiger partial charge on any atom is 0.668 e. The van der Waals surface area contributed by atoms with E-state index >= 15 is 0 Å². The van der Waals surface area contributed by atoms with Crippen LogP contribution in [0.1, 0.15) is 12.8 Å². The summed E-state index contributed by atoms with van der Waals surface area (Å²) in [5, 5.41) is 0.